The van der Waals surface area contributed by atoms with Crippen LogP contribution >= 0.6 is 23.2 Å². The lowest BCUT2D eigenvalue weighted by atomic mass is 9.97. The Morgan fingerprint density at radius 2 is 1.87 bits per heavy atom. The van der Waals surface area contributed by atoms with Gasteiger partial charge in [0.15, 0.2) is 0 Å². The molecule has 0 amide bonds. The van der Waals surface area contributed by atoms with Crippen molar-refractivity contribution in [1.29, 1.82) is 0 Å². The molecule has 1 aliphatic rings. The molecule has 30 heavy (non-hydrogen) atoms. The second kappa shape index (κ2) is 7.80. The maximum Gasteiger partial charge on any atom is 0.130 e. The summed E-state index contributed by atoms with van der Waals surface area (Å²) in [6, 6.07) is 20.5. The summed E-state index contributed by atoms with van der Waals surface area (Å²) in [6.45, 7) is 0.693. The fourth-order valence-corrected chi connectivity index (χ4v) is 4.20. The second-order valence-electron chi connectivity index (χ2n) is 7.14. The molecule has 0 spiro atoms. The third kappa shape index (κ3) is 3.58. The molecule has 0 fully saturated rings. The molecule has 0 aliphatic carbocycles. The first-order chi connectivity index (χ1) is 14.6. The Morgan fingerprint density at radius 1 is 1.00 bits per heavy atom. The van der Waals surface area contributed by atoms with Gasteiger partial charge in [-0.15, -0.1) is 0 Å². The molecule has 6 heteroatoms. The smallest absolute Gasteiger partial charge is 0.130 e. The molecule has 0 saturated carbocycles. The quantitative estimate of drug-likeness (QED) is 0.420. The van der Waals surface area contributed by atoms with Crippen LogP contribution in [0.2, 0.25) is 10.0 Å². The van der Waals surface area contributed by atoms with Crippen LogP contribution in [0.3, 0.4) is 0 Å². The van der Waals surface area contributed by atoms with Crippen LogP contribution in [0.4, 0.5) is 0 Å². The van der Waals surface area contributed by atoms with Crippen LogP contribution < -0.4 is 9.47 Å². The number of hydrogen-bond acceptors (Lipinski definition) is 4. The van der Waals surface area contributed by atoms with Gasteiger partial charge in [-0.1, -0.05) is 47.5 Å². The van der Waals surface area contributed by atoms with Crippen molar-refractivity contribution in [3.8, 4) is 11.5 Å². The Kier molecular flexibility index (Phi) is 4.99. The SMILES string of the molecule is OC1c2ccccc2COc2ccc(OCc3ccc4c(Cl)cc(Cl)cc4n3)cc21. The number of aliphatic hydroxyl groups excluding tert-OH is 1. The highest BCUT2D eigenvalue weighted by Gasteiger charge is 2.23. The van der Waals surface area contributed by atoms with E-state index in [9.17, 15) is 5.11 Å². The average Bonchev–Trinajstić information content (AvgIpc) is 2.89. The highest BCUT2D eigenvalue weighted by molar-refractivity contribution is 6.38. The van der Waals surface area contributed by atoms with E-state index >= 15 is 0 Å². The third-order valence-corrected chi connectivity index (χ3v) is 5.71. The zero-order valence-corrected chi connectivity index (χ0v) is 17.3. The summed E-state index contributed by atoms with van der Waals surface area (Å²) in [5.41, 5.74) is 3.97. The lowest BCUT2D eigenvalue weighted by molar-refractivity contribution is 0.217. The van der Waals surface area contributed by atoms with Gasteiger partial charge in [-0.25, -0.2) is 4.98 Å². The molecule has 2 heterocycles. The van der Waals surface area contributed by atoms with Crippen LogP contribution in [0.1, 0.15) is 28.5 Å². The number of aromatic nitrogens is 1. The molecule has 0 radical (unpaired) electrons. The van der Waals surface area contributed by atoms with Gasteiger partial charge in [0.1, 0.15) is 30.8 Å². The normalized spacial score (nSPS) is 15.1. The number of benzene rings is 3. The molecule has 1 atom stereocenters. The summed E-state index contributed by atoms with van der Waals surface area (Å²) in [5, 5.41) is 12.8. The molecule has 0 bridgehead atoms. The van der Waals surface area contributed by atoms with E-state index in [1.165, 1.54) is 0 Å². The Hall–Kier alpha value is -2.79. The van der Waals surface area contributed by atoms with Crippen molar-refractivity contribution in [2.45, 2.75) is 19.3 Å². The number of rotatable bonds is 3. The number of aliphatic hydroxyl groups is 1. The monoisotopic (exact) mass is 437 g/mol. The fraction of sp³-hybridized carbons (Fsp3) is 0.125. The van der Waals surface area contributed by atoms with Gasteiger partial charge in [0.25, 0.3) is 0 Å². The van der Waals surface area contributed by atoms with Crippen molar-refractivity contribution in [2.75, 3.05) is 0 Å². The van der Waals surface area contributed by atoms with E-state index < -0.39 is 6.10 Å². The minimum absolute atomic E-state index is 0.270. The van der Waals surface area contributed by atoms with Gasteiger partial charge in [0.2, 0.25) is 0 Å². The van der Waals surface area contributed by atoms with Gasteiger partial charge >= 0.3 is 0 Å². The average molecular weight is 438 g/mol. The molecule has 4 nitrogen and oxygen atoms in total. The van der Waals surface area contributed by atoms with Crippen molar-refractivity contribution in [2.24, 2.45) is 0 Å². The number of hydrogen-bond donors (Lipinski definition) is 1. The molecule has 1 aromatic heterocycles. The van der Waals surface area contributed by atoms with Gasteiger partial charge in [-0.05, 0) is 53.6 Å². The summed E-state index contributed by atoms with van der Waals surface area (Å²) in [4.78, 5) is 4.59. The van der Waals surface area contributed by atoms with Gasteiger partial charge in [-0.3, -0.25) is 0 Å². The van der Waals surface area contributed by atoms with E-state index in [1.54, 1.807) is 12.1 Å². The number of halogens is 2. The zero-order valence-electron chi connectivity index (χ0n) is 15.8. The second-order valence-corrected chi connectivity index (χ2v) is 7.98. The first-order valence-corrected chi connectivity index (χ1v) is 10.2. The van der Waals surface area contributed by atoms with Crippen molar-refractivity contribution in [3.05, 3.63) is 99.2 Å². The van der Waals surface area contributed by atoms with E-state index in [4.69, 9.17) is 32.7 Å². The van der Waals surface area contributed by atoms with E-state index in [0.29, 0.717) is 33.7 Å². The molecule has 1 unspecified atom stereocenters. The van der Waals surface area contributed by atoms with Gasteiger partial charge < -0.3 is 14.6 Å². The number of ether oxygens (including phenoxy) is 2. The molecule has 1 N–H and O–H groups in total. The third-order valence-electron chi connectivity index (χ3n) is 5.17. The number of nitrogens with zero attached hydrogens (tertiary/aromatic N) is 1. The van der Waals surface area contributed by atoms with Crippen LogP contribution in [0.25, 0.3) is 10.9 Å². The topological polar surface area (TPSA) is 51.6 Å². The standard InChI is InChI=1S/C24H17Cl2NO3/c25-15-9-21(26)19-7-5-16(27-22(19)10-15)13-29-17-6-8-23-20(11-17)24(28)18-4-2-1-3-14(18)12-30-23/h1-11,24,28H,12-13H2. The van der Waals surface area contributed by atoms with E-state index in [0.717, 1.165) is 27.7 Å². The van der Waals surface area contributed by atoms with Gasteiger partial charge in [0, 0.05) is 16.0 Å². The van der Waals surface area contributed by atoms with E-state index in [1.807, 2.05) is 54.6 Å². The predicted octanol–water partition coefficient (Wildman–Crippen LogP) is 6.09. The Balaban J connectivity index is 1.40. The minimum atomic E-state index is -0.773. The van der Waals surface area contributed by atoms with Crippen LogP contribution in [0, 0.1) is 0 Å². The molecule has 5 rings (SSSR count). The molecular weight excluding hydrogens is 421 g/mol. The van der Waals surface area contributed by atoms with Gasteiger partial charge in [0.05, 0.1) is 16.2 Å². The van der Waals surface area contributed by atoms with E-state index in [-0.39, 0.29) is 6.61 Å². The Morgan fingerprint density at radius 3 is 2.77 bits per heavy atom. The fourth-order valence-electron chi connectivity index (χ4n) is 3.65. The van der Waals surface area contributed by atoms with Crippen molar-refractivity contribution in [1.82, 2.24) is 4.98 Å². The first kappa shape index (κ1) is 19.2. The predicted molar refractivity (Wildman–Crippen MR) is 117 cm³/mol. The summed E-state index contributed by atoms with van der Waals surface area (Å²) >= 11 is 12.3. The largest absolute Gasteiger partial charge is 0.488 e. The van der Waals surface area contributed by atoms with Gasteiger partial charge in [-0.2, -0.15) is 0 Å². The maximum absolute atomic E-state index is 10.9. The van der Waals surface area contributed by atoms with Crippen LogP contribution in [0.5, 0.6) is 11.5 Å². The lowest BCUT2D eigenvalue weighted by Crippen LogP contribution is -2.02. The Labute approximate surface area is 183 Å². The summed E-state index contributed by atoms with van der Waals surface area (Å²) in [5.74, 6) is 1.28. The molecule has 3 aromatic carbocycles. The maximum atomic E-state index is 10.9. The summed E-state index contributed by atoms with van der Waals surface area (Å²) in [6.07, 6.45) is -0.773. The minimum Gasteiger partial charge on any atom is -0.488 e. The van der Waals surface area contributed by atoms with Crippen LogP contribution in [-0.2, 0) is 13.2 Å². The first-order valence-electron chi connectivity index (χ1n) is 9.48. The molecule has 0 saturated heterocycles. The Bertz CT molecular complexity index is 1260. The molecule has 150 valence electrons. The van der Waals surface area contributed by atoms with Crippen molar-refractivity contribution in [3.63, 3.8) is 0 Å². The molecule has 4 aromatic rings. The number of pyridine rings is 1. The van der Waals surface area contributed by atoms with E-state index in [2.05, 4.69) is 4.98 Å². The highest BCUT2D eigenvalue weighted by Crippen LogP contribution is 2.38. The molecule has 1 aliphatic heterocycles. The summed E-state index contributed by atoms with van der Waals surface area (Å²) < 4.78 is 11.8. The lowest BCUT2D eigenvalue weighted by Gasteiger charge is -2.15. The van der Waals surface area contributed by atoms with Crippen LogP contribution in [0.15, 0.2) is 66.7 Å². The van der Waals surface area contributed by atoms with Crippen LogP contribution in [-0.4, -0.2) is 10.1 Å². The van der Waals surface area contributed by atoms with Crippen molar-refractivity contribution < 1.29 is 14.6 Å². The summed E-state index contributed by atoms with van der Waals surface area (Å²) in [7, 11) is 0. The highest BCUT2D eigenvalue weighted by atomic mass is 35.5. The number of fused-ring (bicyclic) bond motifs is 3. The zero-order chi connectivity index (χ0) is 20.7. The molecular formula is C24H17Cl2NO3. The van der Waals surface area contributed by atoms with Crippen molar-refractivity contribution >= 4 is 34.1 Å².